The summed E-state index contributed by atoms with van der Waals surface area (Å²) in [5.41, 5.74) is 3.16. The van der Waals surface area contributed by atoms with Gasteiger partial charge in [-0.15, -0.1) is 5.10 Å². The Kier molecular flexibility index (Phi) is 4.93. The molecule has 0 fully saturated rings. The van der Waals surface area contributed by atoms with Gasteiger partial charge in [0.1, 0.15) is 5.69 Å². The van der Waals surface area contributed by atoms with Crippen molar-refractivity contribution >= 4 is 21.6 Å². The molecular weight excluding hydrogens is 308 g/mol. The van der Waals surface area contributed by atoms with E-state index in [1.165, 1.54) is 5.56 Å². The number of aryl methyl sites for hydroxylation is 2. The average molecular weight is 325 g/mol. The lowest BCUT2D eigenvalue weighted by Crippen LogP contribution is -2.02. The topological polar surface area (TPSA) is 63.0 Å². The van der Waals surface area contributed by atoms with Crippen LogP contribution in [0.15, 0.2) is 28.9 Å². The third-order valence-corrected chi connectivity index (χ3v) is 3.28. The van der Waals surface area contributed by atoms with Crippen molar-refractivity contribution in [1.82, 2.24) is 15.0 Å². The first-order valence-electron chi connectivity index (χ1n) is 6.19. The Morgan fingerprint density at radius 2 is 2.26 bits per heavy atom. The van der Waals surface area contributed by atoms with E-state index in [0.29, 0.717) is 19.5 Å². The molecule has 0 atom stereocenters. The Bertz CT molecular complexity index is 541. The molecule has 0 amide bonds. The molecule has 1 heterocycles. The quantitative estimate of drug-likeness (QED) is 0.856. The minimum Gasteiger partial charge on any atom is -0.396 e. The highest BCUT2D eigenvalue weighted by Gasteiger charge is 2.03. The number of anilines is 1. The van der Waals surface area contributed by atoms with Crippen molar-refractivity contribution in [3.63, 3.8) is 0 Å². The van der Waals surface area contributed by atoms with Crippen LogP contribution >= 0.6 is 15.9 Å². The molecule has 2 N–H and O–H groups in total. The van der Waals surface area contributed by atoms with Gasteiger partial charge in [0.2, 0.25) is 0 Å². The van der Waals surface area contributed by atoms with E-state index in [0.717, 1.165) is 15.9 Å². The molecule has 102 valence electrons. The second-order valence-electron chi connectivity index (χ2n) is 4.36. The molecule has 5 nitrogen and oxygen atoms in total. The maximum absolute atomic E-state index is 8.76. The molecule has 0 spiro atoms. The molecule has 2 rings (SSSR count). The predicted molar refractivity (Wildman–Crippen MR) is 77.9 cm³/mol. The van der Waals surface area contributed by atoms with Gasteiger partial charge in [-0.1, -0.05) is 27.2 Å². The normalized spacial score (nSPS) is 10.7. The highest BCUT2D eigenvalue weighted by Crippen LogP contribution is 2.20. The van der Waals surface area contributed by atoms with Crippen LogP contribution in [0.25, 0.3) is 0 Å². The van der Waals surface area contributed by atoms with E-state index in [2.05, 4.69) is 44.5 Å². The Labute approximate surface area is 120 Å². The van der Waals surface area contributed by atoms with E-state index < -0.39 is 0 Å². The maximum Gasteiger partial charge on any atom is 0.102 e. The average Bonchev–Trinajstić information content (AvgIpc) is 2.85. The van der Waals surface area contributed by atoms with Gasteiger partial charge in [0.05, 0.1) is 12.7 Å². The number of halogens is 1. The fourth-order valence-corrected chi connectivity index (χ4v) is 2.09. The summed E-state index contributed by atoms with van der Waals surface area (Å²) in [6, 6.07) is 6.13. The maximum atomic E-state index is 8.76. The van der Waals surface area contributed by atoms with Gasteiger partial charge >= 0.3 is 0 Å². The SMILES string of the molecule is Cc1ccc(Br)cc1NCc1cn(CCCO)nn1. The zero-order valence-electron chi connectivity index (χ0n) is 10.8. The van der Waals surface area contributed by atoms with E-state index in [9.17, 15) is 0 Å². The van der Waals surface area contributed by atoms with E-state index in [-0.39, 0.29) is 6.61 Å². The predicted octanol–water partition coefficient (Wildman–Crippen LogP) is 2.34. The largest absolute Gasteiger partial charge is 0.396 e. The van der Waals surface area contributed by atoms with Crippen molar-refractivity contribution < 1.29 is 5.11 Å². The summed E-state index contributed by atoms with van der Waals surface area (Å²) in [6.07, 6.45) is 2.59. The first kappa shape index (κ1) is 14.0. The first-order valence-corrected chi connectivity index (χ1v) is 6.98. The molecule has 0 aliphatic carbocycles. The number of aromatic nitrogens is 3. The van der Waals surface area contributed by atoms with Gasteiger partial charge in [-0.05, 0) is 31.0 Å². The number of hydrogen-bond donors (Lipinski definition) is 2. The molecular formula is C13H17BrN4O. The number of hydrogen-bond acceptors (Lipinski definition) is 4. The van der Waals surface area contributed by atoms with Crippen LogP contribution in [-0.2, 0) is 13.1 Å². The van der Waals surface area contributed by atoms with Crippen LogP contribution in [0.1, 0.15) is 17.7 Å². The molecule has 1 aromatic heterocycles. The number of aliphatic hydroxyl groups excluding tert-OH is 1. The van der Waals surface area contributed by atoms with Crippen LogP contribution in [0.2, 0.25) is 0 Å². The number of benzene rings is 1. The van der Waals surface area contributed by atoms with Gasteiger partial charge < -0.3 is 10.4 Å². The molecule has 2 aromatic rings. The summed E-state index contributed by atoms with van der Waals surface area (Å²) in [4.78, 5) is 0. The van der Waals surface area contributed by atoms with Crippen LogP contribution < -0.4 is 5.32 Å². The number of rotatable bonds is 6. The second kappa shape index (κ2) is 6.68. The lowest BCUT2D eigenvalue weighted by molar-refractivity contribution is 0.276. The molecule has 0 bridgehead atoms. The zero-order chi connectivity index (χ0) is 13.7. The van der Waals surface area contributed by atoms with E-state index in [1.54, 1.807) is 4.68 Å². The Morgan fingerprint density at radius 1 is 1.42 bits per heavy atom. The van der Waals surface area contributed by atoms with Crippen molar-refractivity contribution in [2.45, 2.75) is 26.4 Å². The summed E-state index contributed by atoms with van der Waals surface area (Å²) < 4.78 is 2.80. The molecule has 0 radical (unpaired) electrons. The molecule has 0 aliphatic rings. The fraction of sp³-hybridized carbons (Fsp3) is 0.385. The van der Waals surface area contributed by atoms with Gasteiger partial charge in [-0.3, -0.25) is 4.68 Å². The highest BCUT2D eigenvalue weighted by molar-refractivity contribution is 9.10. The van der Waals surface area contributed by atoms with Gasteiger partial charge in [0.15, 0.2) is 0 Å². The van der Waals surface area contributed by atoms with Crippen molar-refractivity contribution in [2.24, 2.45) is 0 Å². The molecule has 0 aliphatic heterocycles. The zero-order valence-corrected chi connectivity index (χ0v) is 12.4. The summed E-state index contributed by atoms with van der Waals surface area (Å²) in [7, 11) is 0. The van der Waals surface area contributed by atoms with E-state index in [1.807, 2.05) is 18.3 Å². The molecule has 0 unspecified atom stereocenters. The van der Waals surface area contributed by atoms with Gasteiger partial charge in [-0.2, -0.15) is 0 Å². The second-order valence-corrected chi connectivity index (χ2v) is 5.28. The van der Waals surface area contributed by atoms with Crippen LogP contribution in [0.3, 0.4) is 0 Å². The summed E-state index contributed by atoms with van der Waals surface area (Å²) in [5.74, 6) is 0. The smallest absolute Gasteiger partial charge is 0.102 e. The van der Waals surface area contributed by atoms with Gasteiger partial charge in [-0.25, -0.2) is 0 Å². The minimum absolute atomic E-state index is 0.171. The first-order chi connectivity index (χ1) is 9.19. The lowest BCUT2D eigenvalue weighted by Gasteiger charge is -2.08. The third-order valence-electron chi connectivity index (χ3n) is 2.79. The van der Waals surface area contributed by atoms with Crippen molar-refractivity contribution in [2.75, 3.05) is 11.9 Å². The van der Waals surface area contributed by atoms with Crippen molar-refractivity contribution in [3.05, 3.63) is 40.1 Å². The summed E-state index contributed by atoms with van der Waals surface area (Å²) in [5, 5.41) is 20.2. The van der Waals surface area contributed by atoms with Crippen LogP contribution in [0.4, 0.5) is 5.69 Å². The third kappa shape index (κ3) is 4.04. The minimum atomic E-state index is 0.171. The lowest BCUT2D eigenvalue weighted by atomic mass is 10.2. The van der Waals surface area contributed by atoms with Gasteiger partial charge in [0.25, 0.3) is 0 Å². The van der Waals surface area contributed by atoms with E-state index >= 15 is 0 Å². The Morgan fingerprint density at radius 3 is 3.05 bits per heavy atom. The van der Waals surface area contributed by atoms with Crippen LogP contribution in [0, 0.1) is 6.92 Å². The Balaban J connectivity index is 1.94. The number of aliphatic hydroxyl groups is 1. The van der Waals surface area contributed by atoms with Gasteiger partial charge in [0, 0.05) is 23.3 Å². The number of nitrogens with one attached hydrogen (secondary N) is 1. The molecule has 0 saturated carbocycles. The molecule has 1 aromatic carbocycles. The van der Waals surface area contributed by atoms with Crippen molar-refractivity contribution in [1.29, 1.82) is 0 Å². The Hall–Kier alpha value is -1.40. The summed E-state index contributed by atoms with van der Waals surface area (Å²) >= 11 is 3.46. The monoisotopic (exact) mass is 324 g/mol. The van der Waals surface area contributed by atoms with Crippen molar-refractivity contribution in [3.8, 4) is 0 Å². The number of nitrogens with zero attached hydrogens (tertiary/aromatic N) is 3. The fourth-order valence-electron chi connectivity index (χ4n) is 1.73. The highest BCUT2D eigenvalue weighted by atomic mass is 79.9. The standard InChI is InChI=1S/C13H17BrN4O/c1-10-3-4-11(14)7-13(10)15-8-12-9-18(17-16-12)5-2-6-19/h3-4,7,9,15,19H,2,5-6,8H2,1H3. The van der Waals surface area contributed by atoms with Crippen LogP contribution in [0.5, 0.6) is 0 Å². The van der Waals surface area contributed by atoms with E-state index in [4.69, 9.17) is 5.11 Å². The molecule has 19 heavy (non-hydrogen) atoms. The molecule has 6 heteroatoms. The summed E-state index contributed by atoms with van der Waals surface area (Å²) in [6.45, 7) is 3.56. The molecule has 0 saturated heterocycles. The van der Waals surface area contributed by atoms with Crippen LogP contribution in [-0.4, -0.2) is 26.7 Å².